The first-order valence-corrected chi connectivity index (χ1v) is 7.20. The first-order valence-electron chi connectivity index (χ1n) is 7.20. The molecule has 0 heterocycles. The Morgan fingerprint density at radius 3 is 2.17 bits per heavy atom. The summed E-state index contributed by atoms with van der Waals surface area (Å²) in [7, 11) is 7.16. The summed E-state index contributed by atoms with van der Waals surface area (Å²) < 4.78 is 10.5. The van der Waals surface area contributed by atoms with Crippen molar-refractivity contribution in [3.8, 4) is 17.6 Å². The molecule has 0 aliphatic rings. The fourth-order valence-electron chi connectivity index (χ4n) is 2.22. The van der Waals surface area contributed by atoms with Gasteiger partial charge in [0.25, 0.3) is 0 Å². The fraction of sp³-hybridized carbons (Fsp3) is 0.211. The molecule has 0 aliphatic heterocycles. The van der Waals surface area contributed by atoms with Gasteiger partial charge in [-0.25, -0.2) is 0 Å². The smallest absolute Gasteiger partial charge is 0.161 e. The van der Waals surface area contributed by atoms with Crippen LogP contribution in [0.5, 0.6) is 11.5 Å². The summed E-state index contributed by atoms with van der Waals surface area (Å²) in [6, 6.07) is 15.7. The summed E-state index contributed by atoms with van der Waals surface area (Å²) in [6.45, 7) is 0. The predicted molar refractivity (Wildman–Crippen MR) is 93.8 cm³/mol. The summed E-state index contributed by atoms with van der Waals surface area (Å²) in [5.41, 5.74) is 3.46. The van der Waals surface area contributed by atoms with Gasteiger partial charge in [-0.3, -0.25) is 0 Å². The second-order valence-corrected chi connectivity index (χ2v) is 5.23. The minimum Gasteiger partial charge on any atom is -0.493 e. The highest BCUT2D eigenvalue weighted by Crippen LogP contribution is 2.31. The zero-order valence-electron chi connectivity index (χ0n) is 13.8. The lowest BCUT2D eigenvalue weighted by atomic mass is 10.0. The van der Waals surface area contributed by atoms with Crippen molar-refractivity contribution in [1.29, 1.82) is 5.26 Å². The molecule has 0 radical (unpaired) electrons. The molecule has 0 unspecified atom stereocenters. The Morgan fingerprint density at radius 1 is 1.00 bits per heavy atom. The standard InChI is InChI=1S/C19H20N2O2/c1-21(2)17-8-5-14(6-9-17)11-16(13-20)15-7-10-18(22-3)19(12-15)23-4/h5-12H,1-4H3/b16-11+. The summed E-state index contributed by atoms with van der Waals surface area (Å²) in [4.78, 5) is 2.03. The van der Waals surface area contributed by atoms with Crippen LogP contribution in [0.3, 0.4) is 0 Å². The molecule has 4 nitrogen and oxygen atoms in total. The number of rotatable bonds is 5. The van der Waals surface area contributed by atoms with E-state index in [1.807, 2.05) is 61.5 Å². The average molecular weight is 308 g/mol. The number of hydrogen-bond donors (Lipinski definition) is 0. The van der Waals surface area contributed by atoms with Crippen LogP contribution in [0, 0.1) is 11.3 Å². The molecule has 0 N–H and O–H groups in total. The third-order valence-electron chi connectivity index (χ3n) is 3.54. The molecule has 2 aromatic carbocycles. The van der Waals surface area contributed by atoms with E-state index < -0.39 is 0 Å². The van der Waals surface area contributed by atoms with Crippen LogP contribution in [0.4, 0.5) is 5.69 Å². The number of nitrogens with zero attached hydrogens (tertiary/aromatic N) is 2. The number of methoxy groups -OCH3 is 2. The number of allylic oxidation sites excluding steroid dienone is 1. The van der Waals surface area contributed by atoms with E-state index in [-0.39, 0.29) is 0 Å². The monoisotopic (exact) mass is 308 g/mol. The van der Waals surface area contributed by atoms with Crippen LogP contribution in [0.15, 0.2) is 42.5 Å². The van der Waals surface area contributed by atoms with Crippen LogP contribution in [-0.2, 0) is 0 Å². The van der Waals surface area contributed by atoms with Crippen LogP contribution >= 0.6 is 0 Å². The van der Waals surface area contributed by atoms with E-state index >= 15 is 0 Å². The molecule has 0 fully saturated rings. The van der Waals surface area contributed by atoms with Crippen LogP contribution in [0.2, 0.25) is 0 Å². The van der Waals surface area contributed by atoms with Gasteiger partial charge in [-0.05, 0) is 47.5 Å². The molecule has 0 aromatic heterocycles. The third kappa shape index (κ3) is 3.83. The maximum absolute atomic E-state index is 9.48. The Bertz CT molecular complexity index is 741. The summed E-state index contributed by atoms with van der Waals surface area (Å²) in [6.07, 6.45) is 1.86. The number of hydrogen-bond acceptors (Lipinski definition) is 4. The highest BCUT2D eigenvalue weighted by molar-refractivity contribution is 5.90. The Hall–Kier alpha value is -2.93. The molecule has 23 heavy (non-hydrogen) atoms. The Labute approximate surface area is 137 Å². The molecule has 0 aliphatic carbocycles. The minimum atomic E-state index is 0.573. The lowest BCUT2D eigenvalue weighted by Gasteiger charge is -2.12. The molecule has 0 saturated carbocycles. The fourth-order valence-corrected chi connectivity index (χ4v) is 2.22. The van der Waals surface area contributed by atoms with E-state index in [9.17, 15) is 5.26 Å². The van der Waals surface area contributed by atoms with Gasteiger partial charge in [-0.1, -0.05) is 12.1 Å². The molecular formula is C19H20N2O2. The first-order chi connectivity index (χ1) is 11.1. The zero-order chi connectivity index (χ0) is 16.8. The quantitative estimate of drug-likeness (QED) is 0.622. The van der Waals surface area contributed by atoms with Crippen molar-refractivity contribution in [2.45, 2.75) is 0 Å². The lowest BCUT2D eigenvalue weighted by molar-refractivity contribution is 0.355. The molecule has 2 aromatic rings. The van der Waals surface area contributed by atoms with Crippen LogP contribution in [0.1, 0.15) is 11.1 Å². The summed E-state index contributed by atoms with van der Waals surface area (Å²) in [5.74, 6) is 1.25. The molecule has 0 bridgehead atoms. The second-order valence-electron chi connectivity index (χ2n) is 5.23. The molecule has 0 spiro atoms. The molecule has 2 rings (SSSR count). The minimum absolute atomic E-state index is 0.573. The van der Waals surface area contributed by atoms with Crippen LogP contribution in [0.25, 0.3) is 11.6 Å². The largest absolute Gasteiger partial charge is 0.493 e. The topological polar surface area (TPSA) is 45.5 Å². The molecule has 0 amide bonds. The number of nitriles is 1. The Balaban J connectivity index is 2.37. The molecule has 118 valence electrons. The van der Waals surface area contributed by atoms with E-state index in [1.165, 1.54) is 0 Å². The van der Waals surface area contributed by atoms with Gasteiger partial charge in [0.05, 0.1) is 25.9 Å². The summed E-state index contributed by atoms with van der Waals surface area (Å²) in [5, 5.41) is 9.48. The molecule has 0 atom stereocenters. The van der Waals surface area contributed by atoms with Gasteiger partial charge >= 0.3 is 0 Å². The SMILES string of the molecule is COc1ccc(/C(C#N)=C/c2ccc(N(C)C)cc2)cc1OC. The normalized spacial score (nSPS) is 10.8. The maximum atomic E-state index is 9.48. The van der Waals surface area contributed by atoms with Crippen molar-refractivity contribution in [3.63, 3.8) is 0 Å². The maximum Gasteiger partial charge on any atom is 0.161 e. The average Bonchev–Trinajstić information content (AvgIpc) is 2.59. The Kier molecular flexibility index (Phi) is 5.27. The van der Waals surface area contributed by atoms with E-state index in [2.05, 4.69) is 6.07 Å². The van der Waals surface area contributed by atoms with Gasteiger partial charge in [0.15, 0.2) is 11.5 Å². The van der Waals surface area contributed by atoms with Crippen molar-refractivity contribution in [2.75, 3.05) is 33.2 Å². The van der Waals surface area contributed by atoms with E-state index in [4.69, 9.17) is 9.47 Å². The van der Waals surface area contributed by atoms with Gasteiger partial charge in [0.2, 0.25) is 0 Å². The van der Waals surface area contributed by atoms with Crippen molar-refractivity contribution < 1.29 is 9.47 Å². The molecular weight excluding hydrogens is 288 g/mol. The number of anilines is 1. The number of ether oxygens (including phenoxy) is 2. The van der Waals surface area contributed by atoms with E-state index in [0.29, 0.717) is 17.1 Å². The summed E-state index contributed by atoms with van der Waals surface area (Å²) >= 11 is 0. The lowest BCUT2D eigenvalue weighted by Crippen LogP contribution is -2.07. The van der Waals surface area contributed by atoms with Crippen molar-refractivity contribution in [2.24, 2.45) is 0 Å². The van der Waals surface area contributed by atoms with Gasteiger partial charge < -0.3 is 14.4 Å². The third-order valence-corrected chi connectivity index (χ3v) is 3.54. The highest BCUT2D eigenvalue weighted by Gasteiger charge is 2.08. The van der Waals surface area contributed by atoms with Gasteiger partial charge in [-0.2, -0.15) is 5.26 Å². The predicted octanol–water partition coefficient (Wildman–Crippen LogP) is 3.83. The van der Waals surface area contributed by atoms with Gasteiger partial charge in [-0.15, -0.1) is 0 Å². The van der Waals surface area contributed by atoms with Crippen molar-refractivity contribution in [1.82, 2.24) is 0 Å². The van der Waals surface area contributed by atoms with E-state index in [1.54, 1.807) is 20.3 Å². The van der Waals surface area contributed by atoms with Gasteiger partial charge in [0.1, 0.15) is 0 Å². The van der Waals surface area contributed by atoms with Crippen molar-refractivity contribution in [3.05, 3.63) is 53.6 Å². The molecule has 0 saturated heterocycles. The van der Waals surface area contributed by atoms with Crippen LogP contribution < -0.4 is 14.4 Å². The second kappa shape index (κ2) is 7.37. The zero-order valence-corrected chi connectivity index (χ0v) is 13.8. The van der Waals surface area contributed by atoms with E-state index in [0.717, 1.165) is 16.8 Å². The highest BCUT2D eigenvalue weighted by atomic mass is 16.5. The first kappa shape index (κ1) is 16.4. The number of benzene rings is 2. The van der Waals surface area contributed by atoms with Crippen LogP contribution in [-0.4, -0.2) is 28.3 Å². The molecule has 4 heteroatoms. The van der Waals surface area contributed by atoms with Gasteiger partial charge in [0, 0.05) is 19.8 Å². The Morgan fingerprint density at radius 2 is 1.65 bits per heavy atom. The van der Waals surface area contributed by atoms with Crippen molar-refractivity contribution >= 4 is 17.3 Å².